The number of carboxylic acids is 1. The van der Waals surface area contributed by atoms with Crippen LogP contribution in [0, 0.1) is 0 Å². The van der Waals surface area contributed by atoms with E-state index in [0.29, 0.717) is 13.0 Å². The molecule has 0 aromatic carbocycles. The van der Waals surface area contributed by atoms with Gasteiger partial charge in [-0.1, -0.05) is 25.8 Å². The van der Waals surface area contributed by atoms with Gasteiger partial charge in [-0.25, -0.2) is 9.59 Å². The zero-order chi connectivity index (χ0) is 15.0. The molecule has 0 fully saturated rings. The van der Waals surface area contributed by atoms with E-state index < -0.39 is 18.0 Å². The van der Waals surface area contributed by atoms with Crippen LogP contribution in [0.4, 0.5) is 4.79 Å². The van der Waals surface area contributed by atoms with Crippen LogP contribution in [0.3, 0.4) is 0 Å². The number of carbonyl (C=O) groups excluding carboxylic acids is 1. The lowest BCUT2D eigenvalue weighted by atomic mass is 10.1. The highest BCUT2D eigenvalue weighted by Crippen LogP contribution is 2.04. The van der Waals surface area contributed by atoms with E-state index in [-0.39, 0.29) is 0 Å². The Morgan fingerprint density at radius 3 is 2.80 bits per heavy atom. The number of nitrogens with one attached hydrogen (secondary N) is 1. The fourth-order valence-electron chi connectivity index (χ4n) is 1.76. The SMILES string of the molecule is CCCCC(NC(=O)N(C)Cc1cccnc1)C(=O)O. The summed E-state index contributed by atoms with van der Waals surface area (Å²) < 4.78 is 0. The standard InChI is InChI=1S/C14H21N3O3/c1-3-4-7-12(13(18)19)16-14(20)17(2)10-11-6-5-8-15-9-11/h5-6,8-9,12H,3-4,7,10H2,1-2H3,(H,16,20)(H,18,19). The molecule has 0 radical (unpaired) electrons. The minimum absolute atomic E-state index is 0.389. The molecule has 20 heavy (non-hydrogen) atoms. The fourth-order valence-corrected chi connectivity index (χ4v) is 1.76. The maximum Gasteiger partial charge on any atom is 0.326 e. The van der Waals surface area contributed by atoms with Gasteiger partial charge in [0, 0.05) is 26.0 Å². The van der Waals surface area contributed by atoms with Crippen LogP contribution in [0.2, 0.25) is 0 Å². The average molecular weight is 279 g/mol. The molecule has 6 heteroatoms. The monoisotopic (exact) mass is 279 g/mol. The topological polar surface area (TPSA) is 82.5 Å². The molecular weight excluding hydrogens is 258 g/mol. The number of pyridine rings is 1. The summed E-state index contributed by atoms with van der Waals surface area (Å²) in [5, 5.41) is 11.6. The number of hydrogen-bond acceptors (Lipinski definition) is 3. The molecule has 1 aromatic rings. The predicted octanol–water partition coefficient (Wildman–Crippen LogP) is 1.87. The molecule has 0 bridgehead atoms. The number of aromatic nitrogens is 1. The number of aliphatic carboxylic acids is 1. The molecule has 0 spiro atoms. The van der Waals surface area contributed by atoms with Crippen LogP contribution < -0.4 is 5.32 Å². The van der Waals surface area contributed by atoms with Gasteiger partial charge >= 0.3 is 12.0 Å². The maximum atomic E-state index is 12.0. The molecule has 1 rings (SSSR count). The number of amides is 2. The summed E-state index contributed by atoms with van der Waals surface area (Å²) >= 11 is 0. The summed E-state index contributed by atoms with van der Waals surface area (Å²) in [5.74, 6) is -0.999. The van der Waals surface area contributed by atoms with Crippen LogP contribution in [0.15, 0.2) is 24.5 Å². The Morgan fingerprint density at radius 2 is 2.25 bits per heavy atom. The Labute approximate surface area is 118 Å². The van der Waals surface area contributed by atoms with Crippen molar-refractivity contribution in [3.63, 3.8) is 0 Å². The number of rotatable bonds is 7. The normalized spacial score (nSPS) is 11.7. The quantitative estimate of drug-likeness (QED) is 0.798. The van der Waals surface area contributed by atoms with Gasteiger partial charge in [0.25, 0.3) is 0 Å². The van der Waals surface area contributed by atoms with E-state index in [0.717, 1.165) is 18.4 Å². The molecule has 1 atom stereocenters. The Balaban J connectivity index is 2.53. The molecule has 0 aliphatic carbocycles. The summed E-state index contributed by atoms with van der Waals surface area (Å²) in [6.45, 7) is 2.37. The number of carbonyl (C=O) groups is 2. The number of hydrogen-bond donors (Lipinski definition) is 2. The van der Waals surface area contributed by atoms with Crippen LogP contribution in [-0.2, 0) is 11.3 Å². The minimum atomic E-state index is -0.999. The Bertz CT molecular complexity index is 437. The first kappa shape index (κ1) is 15.9. The van der Waals surface area contributed by atoms with E-state index in [1.807, 2.05) is 13.0 Å². The summed E-state index contributed by atoms with van der Waals surface area (Å²) in [5.41, 5.74) is 0.894. The Kier molecular flexibility index (Phi) is 6.49. The van der Waals surface area contributed by atoms with E-state index >= 15 is 0 Å². The summed E-state index contributed by atoms with van der Waals surface area (Å²) in [6, 6.07) is 2.43. The molecule has 0 aliphatic heterocycles. The predicted molar refractivity (Wildman–Crippen MR) is 75.2 cm³/mol. The van der Waals surface area contributed by atoms with Gasteiger partial charge in [-0.15, -0.1) is 0 Å². The average Bonchev–Trinajstić information content (AvgIpc) is 2.43. The van der Waals surface area contributed by atoms with Crippen molar-refractivity contribution in [1.29, 1.82) is 0 Å². The van der Waals surface area contributed by atoms with Crippen LogP contribution in [0.25, 0.3) is 0 Å². The third kappa shape index (κ3) is 5.26. The Morgan fingerprint density at radius 1 is 1.50 bits per heavy atom. The number of carboxylic acid groups (broad SMARTS) is 1. The van der Waals surface area contributed by atoms with Crippen molar-refractivity contribution in [2.75, 3.05) is 7.05 Å². The largest absolute Gasteiger partial charge is 0.480 e. The molecule has 110 valence electrons. The number of urea groups is 1. The molecule has 2 N–H and O–H groups in total. The van der Waals surface area contributed by atoms with Crippen molar-refractivity contribution >= 4 is 12.0 Å². The first-order chi connectivity index (χ1) is 9.54. The second-order valence-electron chi connectivity index (χ2n) is 4.70. The molecule has 6 nitrogen and oxygen atoms in total. The Hall–Kier alpha value is -2.11. The summed E-state index contributed by atoms with van der Waals surface area (Å²) in [4.78, 5) is 28.5. The lowest BCUT2D eigenvalue weighted by Crippen LogP contribution is -2.46. The van der Waals surface area contributed by atoms with Crippen molar-refractivity contribution in [3.8, 4) is 0 Å². The van der Waals surface area contributed by atoms with E-state index in [1.54, 1.807) is 25.5 Å². The van der Waals surface area contributed by atoms with Crippen molar-refractivity contribution in [2.45, 2.75) is 38.8 Å². The first-order valence-corrected chi connectivity index (χ1v) is 6.68. The first-order valence-electron chi connectivity index (χ1n) is 6.68. The molecule has 0 saturated carbocycles. The van der Waals surface area contributed by atoms with Gasteiger partial charge in [0.2, 0.25) is 0 Å². The van der Waals surface area contributed by atoms with Gasteiger partial charge in [0.1, 0.15) is 6.04 Å². The number of nitrogens with zero attached hydrogens (tertiary/aromatic N) is 2. The van der Waals surface area contributed by atoms with Gasteiger partial charge in [-0.2, -0.15) is 0 Å². The lowest BCUT2D eigenvalue weighted by Gasteiger charge is -2.21. The van der Waals surface area contributed by atoms with Gasteiger partial charge in [0.15, 0.2) is 0 Å². The molecule has 0 saturated heterocycles. The molecule has 2 amide bonds. The zero-order valence-electron chi connectivity index (χ0n) is 11.9. The molecule has 0 aliphatic rings. The molecule has 1 heterocycles. The summed E-state index contributed by atoms with van der Waals surface area (Å²) in [7, 11) is 1.63. The second-order valence-corrected chi connectivity index (χ2v) is 4.70. The van der Waals surface area contributed by atoms with Crippen LogP contribution in [0.5, 0.6) is 0 Å². The smallest absolute Gasteiger partial charge is 0.326 e. The highest BCUT2D eigenvalue weighted by Gasteiger charge is 2.21. The van der Waals surface area contributed by atoms with E-state index in [2.05, 4.69) is 10.3 Å². The van der Waals surface area contributed by atoms with Gasteiger partial charge in [0.05, 0.1) is 0 Å². The molecule has 1 aromatic heterocycles. The maximum absolute atomic E-state index is 12.0. The van der Waals surface area contributed by atoms with Crippen LogP contribution in [-0.4, -0.2) is 40.1 Å². The highest BCUT2D eigenvalue weighted by molar-refractivity contribution is 5.82. The van der Waals surface area contributed by atoms with Crippen molar-refractivity contribution in [3.05, 3.63) is 30.1 Å². The number of unbranched alkanes of at least 4 members (excludes halogenated alkanes) is 1. The van der Waals surface area contributed by atoms with Crippen molar-refractivity contribution < 1.29 is 14.7 Å². The third-order valence-corrected chi connectivity index (χ3v) is 2.93. The third-order valence-electron chi connectivity index (χ3n) is 2.93. The van der Waals surface area contributed by atoms with E-state index in [4.69, 9.17) is 5.11 Å². The fraction of sp³-hybridized carbons (Fsp3) is 0.500. The van der Waals surface area contributed by atoms with Gasteiger partial charge in [-0.05, 0) is 18.1 Å². The van der Waals surface area contributed by atoms with Crippen LogP contribution >= 0.6 is 0 Å². The van der Waals surface area contributed by atoms with Crippen molar-refractivity contribution in [1.82, 2.24) is 15.2 Å². The molecular formula is C14H21N3O3. The van der Waals surface area contributed by atoms with Crippen LogP contribution in [0.1, 0.15) is 31.7 Å². The summed E-state index contributed by atoms with van der Waals surface area (Å²) in [6.07, 6.45) is 5.44. The van der Waals surface area contributed by atoms with E-state index in [1.165, 1.54) is 4.90 Å². The molecule has 1 unspecified atom stereocenters. The second kappa shape index (κ2) is 8.14. The highest BCUT2D eigenvalue weighted by atomic mass is 16.4. The van der Waals surface area contributed by atoms with Gasteiger partial charge < -0.3 is 15.3 Å². The lowest BCUT2D eigenvalue weighted by molar-refractivity contribution is -0.139. The van der Waals surface area contributed by atoms with Crippen molar-refractivity contribution in [2.24, 2.45) is 0 Å². The van der Waals surface area contributed by atoms with E-state index in [9.17, 15) is 9.59 Å². The zero-order valence-corrected chi connectivity index (χ0v) is 11.9. The minimum Gasteiger partial charge on any atom is -0.480 e. The van der Waals surface area contributed by atoms with Gasteiger partial charge in [-0.3, -0.25) is 4.98 Å².